The second-order valence-electron chi connectivity index (χ2n) is 10.5. The third kappa shape index (κ3) is 6.56. The van der Waals surface area contributed by atoms with Crippen LogP contribution < -0.4 is 10.6 Å². The summed E-state index contributed by atoms with van der Waals surface area (Å²) >= 11 is 1.04. The zero-order valence-electron chi connectivity index (χ0n) is 23.0. The zero-order valence-corrected chi connectivity index (χ0v) is 23.8. The number of hydrogen-bond acceptors (Lipinski definition) is 8. The number of anilines is 1. The molecule has 1 aromatic carbocycles. The summed E-state index contributed by atoms with van der Waals surface area (Å²) in [7, 11) is 0. The van der Waals surface area contributed by atoms with Crippen LogP contribution in [0.1, 0.15) is 34.5 Å². The van der Waals surface area contributed by atoms with Gasteiger partial charge in [-0.25, -0.2) is 9.97 Å². The Morgan fingerprint density at radius 2 is 2.00 bits per heavy atom. The van der Waals surface area contributed by atoms with Crippen LogP contribution in [-0.2, 0) is 24.3 Å². The molecule has 1 amide bonds. The maximum atomic E-state index is 12.9. The number of hydrogen-bond donors (Lipinski definition) is 3. The normalized spacial score (nSPS) is 14.8. The van der Waals surface area contributed by atoms with Crippen LogP contribution >= 0.6 is 11.3 Å². The zero-order chi connectivity index (χ0) is 30.0. The molecule has 5 rings (SSSR count). The summed E-state index contributed by atoms with van der Waals surface area (Å²) < 4.78 is 40.4. The molecule has 0 radical (unpaired) electrons. The Hall–Kier alpha value is -3.99. The van der Waals surface area contributed by atoms with Crippen molar-refractivity contribution in [1.29, 1.82) is 5.26 Å². The number of aliphatic hydroxyl groups excluding tert-OH is 1. The van der Waals surface area contributed by atoms with E-state index in [2.05, 4.69) is 44.2 Å². The molecule has 3 aromatic heterocycles. The lowest BCUT2D eigenvalue weighted by Gasteiger charge is -2.33. The number of amides is 1. The van der Waals surface area contributed by atoms with Gasteiger partial charge in [-0.1, -0.05) is 12.6 Å². The highest BCUT2D eigenvalue weighted by atomic mass is 32.1. The van der Waals surface area contributed by atoms with Crippen LogP contribution in [0.4, 0.5) is 19.0 Å². The van der Waals surface area contributed by atoms with Crippen LogP contribution in [0.15, 0.2) is 42.9 Å². The molecule has 0 saturated carbocycles. The van der Waals surface area contributed by atoms with E-state index in [0.29, 0.717) is 27.4 Å². The number of carbonyl (C=O) groups is 1. The van der Waals surface area contributed by atoms with Gasteiger partial charge in [0.1, 0.15) is 35.3 Å². The predicted molar refractivity (Wildman–Crippen MR) is 155 cm³/mol. The SMILES string of the molecule is C=C(Cn1c(C#N)cc2c(C)c(CN3CCC(Nc4ncnc5sc(CC(F)(F)F)cc45)CC3)ccc21)NC(=O)CO. The Morgan fingerprint density at radius 3 is 2.69 bits per heavy atom. The van der Waals surface area contributed by atoms with Gasteiger partial charge in [0.2, 0.25) is 5.91 Å². The first-order valence-electron chi connectivity index (χ1n) is 13.4. The first-order chi connectivity index (χ1) is 20.0. The lowest BCUT2D eigenvalue weighted by molar-refractivity contribution is -0.126. The van der Waals surface area contributed by atoms with Crippen LogP contribution in [0.3, 0.4) is 0 Å². The molecule has 4 heterocycles. The molecule has 1 aliphatic heterocycles. The lowest BCUT2D eigenvalue weighted by Crippen LogP contribution is -2.39. The molecule has 0 aliphatic carbocycles. The molecule has 42 heavy (non-hydrogen) atoms. The molecule has 220 valence electrons. The van der Waals surface area contributed by atoms with Crippen LogP contribution in [0, 0.1) is 18.3 Å². The van der Waals surface area contributed by atoms with Crippen molar-refractivity contribution >= 4 is 44.2 Å². The van der Waals surface area contributed by atoms with Crippen molar-refractivity contribution in [1.82, 2.24) is 24.8 Å². The number of nitriles is 1. The molecule has 3 N–H and O–H groups in total. The number of piperidine rings is 1. The Kier molecular flexibility index (Phi) is 8.49. The van der Waals surface area contributed by atoms with Gasteiger partial charge in [0.15, 0.2) is 0 Å². The van der Waals surface area contributed by atoms with Gasteiger partial charge in [0, 0.05) is 47.2 Å². The number of alkyl halides is 3. The van der Waals surface area contributed by atoms with E-state index in [1.807, 2.05) is 19.1 Å². The van der Waals surface area contributed by atoms with Crippen molar-refractivity contribution in [2.75, 3.05) is 25.0 Å². The second-order valence-corrected chi connectivity index (χ2v) is 11.6. The number of thiophene rings is 1. The Morgan fingerprint density at radius 1 is 1.24 bits per heavy atom. The fraction of sp³-hybridized carbons (Fsp3) is 0.379. The Balaban J connectivity index is 1.24. The van der Waals surface area contributed by atoms with E-state index in [-0.39, 0.29) is 17.5 Å². The van der Waals surface area contributed by atoms with Crippen molar-refractivity contribution in [3.8, 4) is 6.07 Å². The van der Waals surface area contributed by atoms with Gasteiger partial charge < -0.3 is 20.3 Å². The third-order valence-corrected chi connectivity index (χ3v) is 8.51. The van der Waals surface area contributed by atoms with E-state index >= 15 is 0 Å². The molecule has 0 unspecified atom stereocenters. The fourth-order valence-electron chi connectivity index (χ4n) is 5.40. The van der Waals surface area contributed by atoms with E-state index in [9.17, 15) is 23.2 Å². The standard InChI is InChI=1S/C29H30F3N7O2S/c1-17(36-26(41)15-40)13-39-21(12-33)9-23-18(2)19(3-4-25(23)39)14-38-7-5-20(6-8-38)37-27-24-10-22(11-29(30,31)32)42-28(24)35-16-34-27/h3-4,9-10,16,20,40H,1,5-8,11,13-15H2,2H3,(H,36,41)(H,34,35,37). The molecule has 4 aromatic rings. The molecule has 9 nitrogen and oxygen atoms in total. The van der Waals surface area contributed by atoms with Crippen molar-refractivity contribution in [3.63, 3.8) is 0 Å². The number of aliphatic hydroxyl groups is 1. The van der Waals surface area contributed by atoms with Crippen molar-refractivity contribution in [2.45, 2.75) is 51.5 Å². The molecule has 0 bridgehead atoms. The minimum Gasteiger partial charge on any atom is -0.387 e. The number of likely N-dealkylation sites (tertiary alicyclic amines) is 1. The first kappa shape index (κ1) is 29.5. The van der Waals surface area contributed by atoms with E-state index in [0.717, 1.165) is 65.8 Å². The molecule has 0 atom stereocenters. The van der Waals surface area contributed by atoms with Gasteiger partial charge in [0.25, 0.3) is 0 Å². The van der Waals surface area contributed by atoms with E-state index in [1.165, 1.54) is 12.4 Å². The quantitative estimate of drug-likeness (QED) is 0.258. The molecule has 13 heteroatoms. The van der Waals surface area contributed by atoms with Crippen molar-refractivity contribution in [3.05, 3.63) is 64.6 Å². The maximum Gasteiger partial charge on any atom is 0.393 e. The second kappa shape index (κ2) is 12.1. The summed E-state index contributed by atoms with van der Waals surface area (Å²) in [4.78, 5) is 23.1. The molecular weight excluding hydrogens is 567 g/mol. The minimum absolute atomic E-state index is 0.139. The van der Waals surface area contributed by atoms with Gasteiger partial charge in [-0.05, 0) is 49.1 Å². The van der Waals surface area contributed by atoms with Crippen LogP contribution in [0.2, 0.25) is 0 Å². The highest BCUT2D eigenvalue weighted by Crippen LogP contribution is 2.33. The largest absolute Gasteiger partial charge is 0.393 e. The van der Waals surface area contributed by atoms with Crippen LogP contribution in [0.25, 0.3) is 21.1 Å². The third-order valence-electron chi connectivity index (χ3n) is 7.47. The summed E-state index contributed by atoms with van der Waals surface area (Å²) in [6.45, 7) is 7.86. The maximum absolute atomic E-state index is 12.9. The Labute approximate surface area is 244 Å². The predicted octanol–water partition coefficient (Wildman–Crippen LogP) is 4.63. The number of allylic oxidation sites excluding steroid dienone is 1. The minimum atomic E-state index is -4.27. The molecule has 1 saturated heterocycles. The van der Waals surface area contributed by atoms with Gasteiger partial charge in [-0.3, -0.25) is 9.69 Å². The summed E-state index contributed by atoms with van der Waals surface area (Å²) in [6, 6.07) is 9.77. The van der Waals surface area contributed by atoms with Gasteiger partial charge >= 0.3 is 6.18 Å². The number of halogens is 3. The van der Waals surface area contributed by atoms with E-state index < -0.39 is 25.1 Å². The van der Waals surface area contributed by atoms with E-state index in [1.54, 1.807) is 4.57 Å². The number of fused-ring (bicyclic) bond motifs is 2. The average molecular weight is 598 g/mol. The van der Waals surface area contributed by atoms with Gasteiger partial charge in [0.05, 0.1) is 18.4 Å². The molecule has 0 spiro atoms. The molecular formula is C29H30F3N7O2S. The first-order valence-corrected chi connectivity index (χ1v) is 14.3. The summed E-state index contributed by atoms with van der Waals surface area (Å²) in [5.74, 6) is 0.0140. The summed E-state index contributed by atoms with van der Waals surface area (Å²) in [5.41, 5.74) is 3.91. The number of rotatable bonds is 9. The number of nitrogens with zero attached hydrogens (tertiary/aromatic N) is 5. The number of aryl methyl sites for hydroxylation is 1. The molecule has 1 aliphatic rings. The van der Waals surface area contributed by atoms with Gasteiger partial charge in [-0.15, -0.1) is 11.3 Å². The highest BCUT2D eigenvalue weighted by molar-refractivity contribution is 7.18. The lowest BCUT2D eigenvalue weighted by atomic mass is 10.0. The highest BCUT2D eigenvalue weighted by Gasteiger charge is 2.29. The fourth-order valence-corrected chi connectivity index (χ4v) is 6.42. The van der Waals surface area contributed by atoms with Crippen molar-refractivity contribution < 1.29 is 23.1 Å². The monoisotopic (exact) mass is 597 g/mol. The number of nitrogens with one attached hydrogen (secondary N) is 2. The molecule has 1 fully saturated rings. The summed E-state index contributed by atoms with van der Waals surface area (Å²) in [6.07, 6.45) is -2.16. The van der Waals surface area contributed by atoms with Crippen LogP contribution in [0.5, 0.6) is 0 Å². The Bertz CT molecular complexity index is 1680. The average Bonchev–Trinajstić information content (AvgIpc) is 3.51. The number of carbonyl (C=O) groups excluding carboxylic acids is 1. The topological polar surface area (TPSA) is 119 Å². The van der Waals surface area contributed by atoms with Crippen molar-refractivity contribution in [2.24, 2.45) is 0 Å². The smallest absolute Gasteiger partial charge is 0.387 e. The number of benzene rings is 1. The van der Waals surface area contributed by atoms with E-state index in [4.69, 9.17) is 5.11 Å². The summed E-state index contributed by atoms with van der Waals surface area (Å²) in [5, 5.41) is 26.2. The van der Waals surface area contributed by atoms with Crippen LogP contribution in [-0.4, -0.2) is 62.4 Å². The number of aromatic nitrogens is 3. The van der Waals surface area contributed by atoms with Gasteiger partial charge in [-0.2, -0.15) is 18.4 Å².